The first-order chi connectivity index (χ1) is 18.5. The van der Waals surface area contributed by atoms with Crippen molar-refractivity contribution < 1.29 is 19.1 Å². The molecule has 9 heteroatoms. The van der Waals surface area contributed by atoms with Gasteiger partial charge in [0.25, 0.3) is 0 Å². The summed E-state index contributed by atoms with van der Waals surface area (Å²) in [5.41, 5.74) is 1.88. The Hall–Kier alpha value is -2.49. The lowest BCUT2D eigenvalue weighted by Gasteiger charge is -2.34. The van der Waals surface area contributed by atoms with E-state index in [4.69, 9.17) is 4.74 Å². The van der Waals surface area contributed by atoms with Crippen molar-refractivity contribution in [3.8, 4) is 0 Å². The molecule has 4 heterocycles. The third kappa shape index (κ3) is 5.46. The van der Waals surface area contributed by atoms with Crippen molar-refractivity contribution in [3.05, 3.63) is 35.4 Å². The van der Waals surface area contributed by atoms with E-state index in [9.17, 15) is 14.4 Å². The Morgan fingerprint density at radius 2 is 1.63 bits per heavy atom. The molecule has 5 aliphatic rings. The molecule has 9 nitrogen and oxygen atoms in total. The van der Waals surface area contributed by atoms with Gasteiger partial charge >= 0.3 is 0 Å². The molecular formula is C29H41N5O4. The second-order valence-corrected chi connectivity index (χ2v) is 11.8. The fourth-order valence-electron chi connectivity index (χ4n) is 7.34. The maximum absolute atomic E-state index is 14.2. The van der Waals surface area contributed by atoms with Crippen molar-refractivity contribution in [3.63, 3.8) is 0 Å². The predicted octanol–water partition coefficient (Wildman–Crippen LogP) is 1.10. The highest BCUT2D eigenvalue weighted by molar-refractivity contribution is 5.91. The quantitative estimate of drug-likeness (QED) is 0.549. The molecule has 0 unspecified atom stereocenters. The number of rotatable bonds is 3. The SMILES string of the molecule is O=C1Cc2ccccc2CNC(=O)[C@@H]2C[C@H](NC3CCOCC3)CN2C(=O)[C@@H]2C[C@H](CN2C2CCCC2)N1. The molecule has 1 aliphatic carbocycles. The summed E-state index contributed by atoms with van der Waals surface area (Å²) in [6.07, 6.45) is 7.96. The van der Waals surface area contributed by atoms with Gasteiger partial charge in [0.15, 0.2) is 0 Å². The minimum absolute atomic E-state index is 0.0231. The van der Waals surface area contributed by atoms with Gasteiger partial charge in [-0.05, 0) is 49.7 Å². The number of likely N-dealkylation sites (tertiary alicyclic amines) is 1. The van der Waals surface area contributed by atoms with Gasteiger partial charge in [-0.1, -0.05) is 37.1 Å². The molecule has 1 aromatic carbocycles. The van der Waals surface area contributed by atoms with Crippen LogP contribution in [-0.2, 0) is 32.1 Å². The van der Waals surface area contributed by atoms with Crippen LogP contribution in [-0.4, -0.2) is 90.1 Å². The molecule has 0 spiro atoms. The molecule has 0 aromatic heterocycles. The molecule has 1 saturated carbocycles. The predicted molar refractivity (Wildman–Crippen MR) is 142 cm³/mol. The normalized spacial score (nSPS) is 32.0. The molecule has 1 aromatic rings. The second kappa shape index (κ2) is 11.3. The largest absolute Gasteiger partial charge is 0.381 e. The minimum atomic E-state index is -0.492. The molecule has 4 fully saturated rings. The number of hydrogen-bond acceptors (Lipinski definition) is 6. The highest BCUT2D eigenvalue weighted by Crippen LogP contribution is 2.33. The van der Waals surface area contributed by atoms with Crippen molar-refractivity contribution >= 4 is 17.7 Å². The van der Waals surface area contributed by atoms with E-state index in [2.05, 4.69) is 20.9 Å². The van der Waals surface area contributed by atoms with E-state index in [1.54, 1.807) is 0 Å². The molecule has 4 atom stereocenters. The summed E-state index contributed by atoms with van der Waals surface area (Å²) in [7, 11) is 0. The average molecular weight is 524 g/mol. The van der Waals surface area contributed by atoms with Crippen LogP contribution in [0.3, 0.4) is 0 Å². The van der Waals surface area contributed by atoms with E-state index in [-0.39, 0.29) is 42.3 Å². The van der Waals surface area contributed by atoms with Crippen molar-refractivity contribution in [2.45, 2.75) is 101 Å². The lowest BCUT2D eigenvalue weighted by atomic mass is 10.0. The monoisotopic (exact) mass is 523 g/mol. The van der Waals surface area contributed by atoms with Crippen LogP contribution in [0.4, 0.5) is 0 Å². The van der Waals surface area contributed by atoms with Crippen molar-refractivity contribution in [2.24, 2.45) is 0 Å². The Bertz CT molecular complexity index is 1040. The number of carbonyl (C=O) groups is 3. The number of nitrogens with one attached hydrogen (secondary N) is 3. The zero-order valence-electron chi connectivity index (χ0n) is 22.2. The lowest BCUT2D eigenvalue weighted by molar-refractivity contribution is -0.142. The minimum Gasteiger partial charge on any atom is -0.381 e. The number of hydrogen-bond donors (Lipinski definition) is 3. The second-order valence-electron chi connectivity index (χ2n) is 11.8. The molecule has 4 aliphatic heterocycles. The Balaban J connectivity index is 1.28. The van der Waals surface area contributed by atoms with E-state index in [1.807, 2.05) is 29.2 Å². The molecule has 6 rings (SSSR count). The van der Waals surface area contributed by atoms with Gasteiger partial charge in [0.05, 0.1) is 12.5 Å². The molecule has 206 valence electrons. The summed E-state index contributed by atoms with van der Waals surface area (Å²) in [6, 6.07) is 7.77. The smallest absolute Gasteiger partial charge is 0.243 e. The molecule has 3 amide bonds. The third-order valence-corrected chi connectivity index (χ3v) is 9.29. The van der Waals surface area contributed by atoms with Crippen LogP contribution in [0.1, 0.15) is 62.5 Å². The molecule has 0 radical (unpaired) electrons. The van der Waals surface area contributed by atoms with Gasteiger partial charge in [-0.3, -0.25) is 19.3 Å². The highest BCUT2D eigenvalue weighted by atomic mass is 16.5. The lowest BCUT2D eigenvalue weighted by Crippen LogP contribution is -2.53. The van der Waals surface area contributed by atoms with Crippen LogP contribution < -0.4 is 16.0 Å². The van der Waals surface area contributed by atoms with Gasteiger partial charge in [0.2, 0.25) is 17.7 Å². The topological polar surface area (TPSA) is 103 Å². The van der Waals surface area contributed by atoms with Crippen LogP contribution in [0.2, 0.25) is 0 Å². The summed E-state index contributed by atoms with van der Waals surface area (Å²) in [4.78, 5) is 45.1. The number of nitrogens with zero attached hydrogens (tertiary/aromatic N) is 2. The fourth-order valence-corrected chi connectivity index (χ4v) is 7.34. The van der Waals surface area contributed by atoms with E-state index in [1.165, 1.54) is 12.8 Å². The number of amides is 3. The van der Waals surface area contributed by atoms with Gasteiger partial charge in [-0.2, -0.15) is 0 Å². The van der Waals surface area contributed by atoms with E-state index in [0.29, 0.717) is 44.6 Å². The fraction of sp³-hybridized carbons (Fsp3) is 0.690. The first kappa shape index (κ1) is 25.8. The molecule has 3 saturated heterocycles. The summed E-state index contributed by atoms with van der Waals surface area (Å²) in [5, 5.41) is 10.1. The zero-order chi connectivity index (χ0) is 26.1. The first-order valence-corrected chi connectivity index (χ1v) is 14.6. The average Bonchev–Trinajstić information content (AvgIpc) is 3.68. The third-order valence-electron chi connectivity index (χ3n) is 9.29. The molecule has 2 bridgehead atoms. The van der Waals surface area contributed by atoms with Crippen LogP contribution in [0.5, 0.6) is 0 Å². The van der Waals surface area contributed by atoms with Crippen molar-refractivity contribution in [1.82, 2.24) is 25.8 Å². The Kier molecular flexibility index (Phi) is 7.68. The highest BCUT2D eigenvalue weighted by Gasteiger charge is 2.48. The maximum atomic E-state index is 14.2. The molecular weight excluding hydrogens is 482 g/mol. The Morgan fingerprint density at radius 3 is 2.42 bits per heavy atom. The van der Waals surface area contributed by atoms with Gasteiger partial charge in [-0.25, -0.2) is 0 Å². The summed E-state index contributed by atoms with van der Waals surface area (Å²) < 4.78 is 5.52. The van der Waals surface area contributed by atoms with Crippen LogP contribution in [0.25, 0.3) is 0 Å². The standard InChI is InChI=1S/C29H41N5O4/c35-27-13-19-5-1-2-6-20(19)16-30-28(36)25-14-22(31-21-9-11-38-12-10-21)18-34(25)29(37)26-15-23(32-27)17-33(26)24-7-3-4-8-24/h1-2,5-6,21-26,31H,3-4,7-18H2,(H,30,36)(H,32,35)/t22-,23+,25-,26-/m0/s1. The van der Waals surface area contributed by atoms with E-state index >= 15 is 0 Å². The van der Waals surface area contributed by atoms with Crippen LogP contribution in [0, 0.1) is 0 Å². The zero-order valence-corrected chi connectivity index (χ0v) is 22.2. The number of ether oxygens (including phenoxy) is 1. The molecule has 3 N–H and O–H groups in total. The van der Waals surface area contributed by atoms with E-state index in [0.717, 1.165) is 50.0 Å². The van der Waals surface area contributed by atoms with Gasteiger partial charge in [0.1, 0.15) is 6.04 Å². The summed E-state index contributed by atoms with van der Waals surface area (Å²) >= 11 is 0. The van der Waals surface area contributed by atoms with Crippen molar-refractivity contribution in [1.29, 1.82) is 0 Å². The molecule has 38 heavy (non-hydrogen) atoms. The first-order valence-electron chi connectivity index (χ1n) is 14.6. The Labute approximate surface area is 225 Å². The summed E-state index contributed by atoms with van der Waals surface area (Å²) in [6.45, 7) is 3.09. The number of benzene rings is 1. The van der Waals surface area contributed by atoms with Crippen LogP contribution >= 0.6 is 0 Å². The van der Waals surface area contributed by atoms with Gasteiger partial charge < -0.3 is 25.6 Å². The Morgan fingerprint density at radius 1 is 0.868 bits per heavy atom. The van der Waals surface area contributed by atoms with Gasteiger partial charge in [0, 0.05) is 57.0 Å². The summed E-state index contributed by atoms with van der Waals surface area (Å²) in [5.74, 6) is -0.0828. The van der Waals surface area contributed by atoms with Gasteiger partial charge in [-0.15, -0.1) is 0 Å². The van der Waals surface area contributed by atoms with Crippen molar-refractivity contribution in [2.75, 3.05) is 26.3 Å². The van der Waals surface area contributed by atoms with E-state index < -0.39 is 6.04 Å². The maximum Gasteiger partial charge on any atom is 0.243 e. The number of carbonyl (C=O) groups excluding carboxylic acids is 3. The van der Waals surface area contributed by atoms with Crippen LogP contribution in [0.15, 0.2) is 24.3 Å². The number of fused-ring (bicyclic) bond motifs is 4.